The third-order valence-electron chi connectivity index (χ3n) is 10.0. The lowest BCUT2D eigenvalue weighted by Crippen LogP contribution is -2.29. The molecule has 3 atom stereocenters. The van der Waals surface area contributed by atoms with Gasteiger partial charge in [-0.3, -0.25) is 4.99 Å². The first-order valence-electron chi connectivity index (χ1n) is 17.5. The molecule has 240 valence electrons. The van der Waals surface area contributed by atoms with Crippen LogP contribution in [0, 0.1) is 5.92 Å². The Balaban J connectivity index is 1.15. The quantitative estimate of drug-likeness (QED) is 0.189. The molecule has 0 bridgehead atoms. The van der Waals surface area contributed by atoms with Crippen molar-refractivity contribution < 1.29 is 0 Å². The van der Waals surface area contributed by atoms with E-state index in [0.29, 0.717) is 5.92 Å². The number of nitrogens with zero attached hydrogens (tertiary/aromatic N) is 1. The third kappa shape index (κ3) is 5.67. The van der Waals surface area contributed by atoms with Gasteiger partial charge >= 0.3 is 0 Å². The van der Waals surface area contributed by atoms with Crippen LogP contribution in [0.3, 0.4) is 0 Å². The van der Waals surface area contributed by atoms with E-state index in [0.717, 1.165) is 28.9 Å². The zero-order valence-corrected chi connectivity index (χ0v) is 27.7. The van der Waals surface area contributed by atoms with Gasteiger partial charge in [-0.15, -0.1) is 0 Å². The van der Waals surface area contributed by atoms with E-state index in [-0.39, 0.29) is 12.2 Å². The zero-order valence-electron chi connectivity index (χ0n) is 27.7. The lowest BCUT2D eigenvalue weighted by molar-refractivity contribution is 0.559. The molecule has 6 aromatic carbocycles. The number of allylic oxidation sites excluding steroid dienone is 5. The largest absolute Gasteiger partial charge is 0.374 e. The molecule has 3 nitrogen and oxygen atoms in total. The number of aliphatic imine (C=N–C) groups is 1. The SMILES string of the molecule is C1=CCC(C2=CC(c3cccc(-c4cccc5c6c(ccc45)NC(c4ccccc4)C=C6c4ccccc4)c3)=NC(c3ccccc3)N2)C=C1. The summed E-state index contributed by atoms with van der Waals surface area (Å²) < 4.78 is 0. The maximum atomic E-state index is 5.27. The van der Waals surface area contributed by atoms with Crippen LogP contribution < -0.4 is 10.6 Å². The molecule has 0 spiro atoms. The first-order chi connectivity index (χ1) is 24.8. The van der Waals surface area contributed by atoms with Gasteiger partial charge in [0, 0.05) is 28.4 Å². The Morgan fingerprint density at radius 2 is 1.30 bits per heavy atom. The lowest BCUT2D eigenvalue weighted by atomic mass is 9.85. The Morgan fingerprint density at radius 3 is 2.08 bits per heavy atom. The van der Waals surface area contributed by atoms with Gasteiger partial charge in [0.25, 0.3) is 0 Å². The van der Waals surface area contributed by atoms with Gasteiger partial charge in [-0.25, -0.2) is 0 Å². The van der Waals surface area contributed by atoms with Gasteiger partial charge in [-0.2, -0.15) is 0 Å². The van der Waals surface area contributed by atoms with Gasteiger partial charge in [-0.1, -0.05) is 158 Å². The summed E-state index contributed by atoms with van der Waals surface area (Å²) >= 11 is 0. The van der Waals surface area contributed by atoms with Gasteiger partial charge in [0.2, 0.25) is 0 Å². The Labute approximate surface area is 293 Å². The number of rotatable bonds is 6. The van der Waals surface area contributed by atoms with E-state index in [2.05, 4.69) is 193 Å². The minimum atomic E-state index is -0.145. The van der Waals surface area contributed by atoms with E-state index < -0.39 is 0 Å². The molecule has 2 aliphatic heterocycles. The summed E-state index contributed by atoms with van der Waals surface area (Å²) in [5.41, 5.74) is 13.0. The smallest absolute Gasteiger partial charge is 0.145 e. The topological polar surface area (TPSA) is 36.4 Å². The number of nitrogens with one attached hydrogen (secondary N) is 2. The Bertz CT molecular complexity index is 2350. The van der Waals surface area contributed by atoms with Crippen molar-refractivity contribution in [3.63, 3.8) is 0 Å². The van der Waals surface area contributed by atoms with E-state index in [4.69, 9.17) is 4.99 Å². The van der Waals surface area contributed by atoms with Crippen LogP contribution in [0.5, 0.6) is 0 Å². The highest BCUT2D eigenvalue weighted by Crippen LogP contribution is 2.44. The van der Waals surface area contributed by atoms with Gasteiger partial charge in [0.1, 0.15) is 6.17 Å². The highest BCUT2D eigenvalue weighted by molar-refractivity contribution is 6.12. The summed E-state index contributed by atoms with van der Waals surface area (Å²) in [5.74, 6) is 0.297. The molecule has 0 saturated heterocycles. The zero-order chi connectivity index (χ0) is 33.3. The van der Waals surface area contributed by atoms with Gasteiger partial charge < -0.3 is 10.6 Å². The highest BCUT2D eigenvalue weighted by Gasteiger charge is 2.25. The lowest BCUT2D eigenvalue weighted by Gasteiger charge is -2.29. The summed E-state index contributed by atoms with van der Waals surface area (Å²) in [7, 11) is 0. The normalized spacial score (nSPS) is 19.4. The monoisotopic (exact) mass is 643 g/mol. The molecule has 0 amide bonds. The van der Waals surface area contributed by atoms with Crippen LogP contribution in [0.4, 0.5) is 5.69 Å². The van der Waals surface area contributed by atoms with Crippen molar-refractivity contribution in [2.75, 3.05) is 5.32 Å². The summed E-state index contributed by atoms with van der Waals surface area (Å²) in [5, 5.41) is 10.1. The summed E-state index contributed by atoms with van der Waals surface area (Å²) in [4.78, 5) is 5.27. The van der Waals surface area contributed by atoms with Crippen molar-refractivity contribution in [3.8, 4) is 11.1 Å². The van der Waals surface area contributed by atoms with Crippen LogP contribution in [0.2, 0.25) is 0 Å². The van der Waals surface area contributed by atoms with Crippen LogP contribution in [-0.2, 0) is 0 Å². The van der Waals surface area contributed by atoms with E-state index in [1.165, 1.54) is 49.9 Å². The fourth-order valence-electron chi connectivity index (χ4n) is 7.56. The molecule has 6 aromatic rings. The first kappa shape index (κ1) is 29.9. The fourth-order valence-corrected chi connectivity index (χ4v) is 7.56. The molecule has 2 heterocycles. The van der Waals surface area contributed by atoms with Crippen molar-refractivity contribution in [1.82, 2.24) is 5.32 Å². The fraction of sp³-hybridized carbons (Fsp3) is 0.0851. The summed E-state index contributed by atoms with van der Waals surface area (Å²) in [6.45, 7) is 0. The van der Waals surface area contributed by atoms with E-state index >= 15 is 0 Å². The van der Waals surface area contributed by atoms with Crippen LogP contribution in [0.15, 0.2) is 193 Å². The highest BCUT2D eigenvalue weighted by atomic mass is 15.1. The number of hydrogen-bond donors (Lipinski definition) is 2. The van der Waals surface area contributed by atoms with Gasteiger partial charge in [-0.05, 0) is 74.9 Å². The number of benzene rings is 6. The van der Waals surface area contributed by atoms with Crippen LogP contribution >= 0.6 is 0 Å². The second-order valence-corrected chi connectivity index (χ2v) is 13.2. The number of fused-ring (bicyclic) bond motifs is 3. The minimum Gasteiger partial charge on any atom is -0.374 e. The Morgan fingerprint density at radius 1 is 0.580 bits per heavy atom. The van der Waals surface area contributed by atoms with Crippen molar-refractivity contribution in [2.24, 2.45) is 10.9 Å². The molecule has 1 aliphatic carbocycles. The maximum absolute atomic E-state index is 5.27. The molecule has 2 N–H and O–H groups in total. The summed E-state index contributed by atoms with van der Waals surface area (Å²) in [6, 6.07) is 52.3. The standard InChI is InChI=1S/C47H37N3/c1-5-15-32(16-6-1)41-30-43(33-17-7-2-8-18-33)48-42-28-27-39-38(25-14-26-40(39)46(41)42)36-23-13-24-37(29-36)45-31-44(34-19-9-3-10-20-34)49-47(50-45)35-21-11-4-12-22-35/h1-19,21-31,34,43,47-49H,20H2. The number of hydrogen-bond acceptors (Lipinski definition) is 3. The van der Waals surface area contributed by atoms with Crippen LogP contribution in [0.1, 0.15) is 46.4 Å². The van der Waals surface area contributed by atoms with Crippen molar-refractivity contribution in [3.05, 3.63) is 216 Å². The van der Waals surface area contributed by atoms with E-state index in [1.807, 2.05) is 0 Å². The second kappa shape index (κ2) is 13.0. The average molecular weight is 644 g/mol. The van der Waals surface area contributed by atoms with Crippen LogP contribution in [0.25, 0.3) is 27.5 Å². The molecule has 50 heavy (non-hydrogen) atoms. The predicted molar refractivity (Wildman–Crippen MR) is 209 cm³/mol. The molecular weight excluding hydrogens is 607 g/mol. The van der Waals surface area contributed by atoms with Gasteiger partial charge in [0.05, 0.1) is 11.8 Å². The van der Waals surface area contributed by atoms with Gasteiger partial charge in [0.15, 0.2) is 0 Å². The predicted octanol–water partition coefficient (Wildman–Crippen LogP) is 11.2. The molecule has 3 unspecified atom stereocenters. The summed E-state index contributed by atoms with van der Waals surface area (Å²) in [6.07, 6.45) is 14.3. The van der Waals surface area contributed by atoms with E-state index in [1.54, 1.807) is 0 Å². The second-order valence-electron chi connectivity index (χ2n) is 13.2. The molecule has 3 aliphatic rings. The van der Waals surface area contributed by atoms with E-state index in [9.17, 15) is 0 Å². The molecule has 0 fully saturated rings. The molecule has 9 rings (SSSR count). The maximum Gasteiger partial charge on any atom is 0.145 e. The van der Waals surface area contributed by atoms with Crippen LogP contribution in [-0.4, -0.2) is 5.71 Å². The Kier molecular flexibility index (Phi) is 7.79. The molecule has 3 heteroatoms. The van der Waals surface area contributed by atoms with Crippen molar-refractivity contribution >= 4 is 27.7 Å². The van der Waals surface area contributed by atoms with Crippen molar-refractivity contribution in [1.29, 1.82) is 0 Å². The van der Waals surface area contributed by atoms with Crippen molar-refractivity contribution in [2.45, 2.75) is 18.6 Å². The average Bonchev–Trinajstić information content (AvgIpc) is 3.21. The molecule has 0 aromatic heterocycles. The molecule has 0 saturated carbocycles. The third-order valence-corrected chi connectivity index (χ3v) is 10.0. The minimum absolute atomic E-state index is 0.0831. The number of anilines is 1. The Hall–Kier alpha value is -6.19. The molecule has 0 radical (unpaired) electrons. The molecular formula is C47H37N3. The first-order valence-corrected chi connectivity index (χ1v) is 17.5.